The number of carbonyl (C=O) groups excluding carboxylic acids is 1. The maximum absolute atomic E-state index is 11.7. The first kappa shape index (κ1) is 15.2. The van der Waals surface area contributed by atoms with Gasteiger partial charge in [0.05, 0.1) is 6.54 Å². The van der Waals surface area contributed by atoms with E-state index in [-0.39, 0.29) is 12.6 Å². The van der Waals surface area contributed by atoms with Crippen molar-refractivity contribution < 1.29 is 9.90 Å². The first-order valence-corrected chi connectivity index (χ1v) is 8.04. The third kappa shape index (κ3) is 4.42. The first-order chi connectivity index (χ1) is 9.58. The highest BCUT2D eigenvalue weighted by Gasteiger charge is 2.23. The lowest BCUT2D eigenvalue weighted by Crippen LogP contribution is -2.44. The van der Waals surface area contributed by atoms with E-state index in [1.807, 2.05) is 42.1 Å². The van der Waals surface area contributed by atoms with Crippen LogP contribution < -0.4 is 10.6 Å². The molecule has 20 heavy (non-hydrogen) atoms. The van der Waals surface area contributed by atoms with Crippen molar-refractivity contribution in [1.82, 2.24) is 10.6 Å². The number of hydrogen-bond acceptors (Lipinski definition) is 3. The van der Waals surface area contributed by atoms with Crippen LogP contribution in [0.3, 0.4) is 0 Å². The van der Waals surface area contributed by atoms with Crippen LogP contribution in [0.5, 0.6) is 0 Å². The molecular formula is C15H22N2O2S. The number of amides is 2. The first-order valence-electron chi connectivity index (χ1n) is 6.99. The van der Waals surface area contributed by atoms with Crippen molar-refractivity contribution in [1.29, 1.82) is 0 Å². The lowest BCUT2D eigenvalue weighted by Gasteiger charge is -2.24. The van der Waals surface area contributed by atoms with Crippen molar-refractivity contribution in [3.63, 3.8) is 0 Å². The van der Waals surface area contributed by atoms with E-state index < -0.39 is 5.60 Å². The lowest BCUT2D eigenvalue weighted by molar-refractivity contribution is 0.0594. The Morgan fingerprint density at radius 3 is 2.80 bits per heavy atom. The molecule has 1 aliphatic heterocycles. The lowest BCUT2D eigenvalue weighted by atomic mass is 9.96. The number of nitrogens with one attached hydrogen (secondary N) is 2. The second-order valence-corrected chi connectivity index (χ2v) is 6.75. The Bertz CT molecular complexity index is 431. The van der Waals surface area contributed by atoms with Gasteiger partial charge in [-0.2, -0.15) is 11.8 Å². The van der Waals surface area contributed by atoms with E-state index in [1.165, 1.54) is 18.6 Å². The van der Waals surface area contributed by atoms with Gasteiger partial charge in [-0.3, -0.25) is 0 Å². The zero-order chi connectivity index (χ0) is 14.4. The van der Waals surface area contributed by atoms with Crippen molar-refractivity contribution in [2.75, 3.05) is 18.8 Å². The Balaban J connectivity index is 1.74. The van der Waals surface area contributed by atoms with Crippen LogP contribution in [0, 0.1) is 0 Å². The molecule has 2 amide bonds. The smallest absolute Gasteiger partial charge is 0.314 e. The second kappa shape index (κ2) is 6.99. The third-order valence-corrected chi connectivity index (χ3v) is 4.90. The van der Waals surface area contributed by atoms with E-state index >= 15 is 0 Å². The van der Waals surface area contributed by atoms with Gasteiger partial charge in [0, 0.05) is 11.8 Å². The van der Waals surface area contributed by atoms with E-state index in [9.17, 15) is 9.90 Å². The summed E-state index contributed by atoms with van der Waals surface area (Å²) in [6.45, 7) is 2.60. The number of aliphatic hydroxyl groups is 1. The highest BCUT2D eigenvalue weighted by molar-refractivity contribution is 8.00. The summed E-state index contributed by atoms with van der Waals surface area (Å²) in [5.41, 5.74) is -0.257. The van der Waals surface area contributed by atoms with Gasteiger partial charge in [0.2, 0.25) is 0 Å². The van der Waals surface area contributed by atoms with E-state index in [0.29, 0.717) is 11.8 Å². The summed E-state index contributed by atoms with van der Waals surface area (Å²) in [4.78, 5) is 11.7. The van der Waals surface area contributed by atoms with Crippen LogP contribution in [0.1, 0.15) is 25.3 Å². The second-order valence-electron chi connectivity index (χ2n) is 5.34. The molecule has 0 aliphatic carbocycles. The van der Waals surface area contributed by atoms with Crippen LogP contribution in [-0.2, 0) is 5.60 Å². The molecule has 0 radical (unpaired) electrons. The van der Waals surface area contributed by atoms with E-state index in [4.69, 9.17) is 0 Å². The molecule has 0 bridgehead atoms. The number of carbonyl (C=O) groups is 1. The predicted molar refractivity (Wildman–Crippen MR) is 82.9 cm³/mol. The minimum atomic E-state index is -1.05. The van der Waals surface area contributed by atoms with Gasteiger partial charge in [-0.1, -0.05) is 30.3 Å². The van der Waals surface area contributed by atoms with Crippen molar-refractivity contribution in [2.24, 2.45) is 0 Å². The van der Waals surface area contributed by atoms with Gasteiger partial charge >= 0.3 is 6.03 Å². The molecule has 1 fully saturated rings. The number of hydrogen-bond donors (Lipinski definition) is 3. The van der Waals surface area contributed by atoms with Gasteiger partial charge in [-0.25, -0.2) is 4.79 Å². The SMILES string of the molecule is CC(O)(CNC(=O)NCC1CCCS1)c1ccccc1. The van der Waals surface area contributed by atoms with Gasteiger partial charge in [0.15, 0.2) is 0 Å². The van der Waals surface area contributed by atoms with Crippen LogP contribution in [0.4, 0.5) is 4.79 Å². The van der Waals surface area contributed by atoms with Crippen LogP contribution >= 0.6 is 11.8 Å². The zero-order valence-electron chi connectivity index (χ0n) is 11.8. The van der Waals surface area contributed by atoms with Gasteiger partial charge in [0.25, 0.3) is 0 Å². The Morgan fingerprint density at radius 1 is 1.40 bits per heavy atom. The Hall–Kier alpha value is -1.20. The van der Waals surface area contributed by atoms with Crippen molar-refractivity contribution in [2.45, 2.75) is 30.6 Å². The molecule has 1 aromatic carbocycles. The average molecular weight is 294 g/mol. The standard InChI is InChI=1S/C15H22N2O2S/c1-15(19,12-6-3-2-4-7-12)11-17-14(18)16-10-13-8-5-9-20-13/h2-4,6-7,13,19H,5,8-11H2,1H3,(H2,16,17,18). The van der Waals surface area contributed by atoms with Crippen LogP contribution in [0.15, 0.2) is 30.3 Å². The molecule has 2 rings (SSSR count). The van der Waals surface area contributed by atoms with Crippen molar-refractivity contribution >= 4 is 17.8 Å². The molecule has 4 nitrogen and oxygen atoms in total. The van der Waals surface area contributed by atoms with Crippen molar-refractivity contribution in [3.8, 4) is 0 Å². The Morgan fingerprint density at radius 2 is 2.15 bits per heavy atom. The molecular weight excluding hydrogens is 272 g/mol. The number of benzene rings is 1. The summed E-state index contributed by atoms with van der Waals surface area (Å²) in [6.07, 6.45) is 2.41. The van der Waals surface area contributed by atoms with Crippen LogP contribution in [-0.4, -0.2) is 35.2 Å². The summed E-state index contributed by atoms with van der Waals surface area (Å²) in [5.74, 6) is 1.19. The molecule has 5 heteroatoms. The van der Waals surface area contributed by atoms with Crippen molar-refractivity contribution in [3.05, 3.63) is 35.9 Å². The van der Waals surface area contributed by atoms with Gasteiger partial charge in [-0.05, 0) is 31.1 Å². The molecule has 2 atom stereocenters. The summed E-state index contributed by atoms with van der Waals surface area (Å²) < 4.78 is 0. The minimum Gasteiger partial charge on any atom is -0.384 e. The monoisotopic (exact) mass is 294 g/mol. The summed E-state index contributed by atoms with van der Waals surface area (Å²) in [5, 5.41) is 16.5. The topological polar surface area (TPSA) is 61.4 Å². The van der Waals surface area contributed by atoms with Gasteiger partial charge in [-0.15, -0.1) is 0 Å². The fourth-order valence-corrected chi connectivity index (χ4v) is 3.43. The van der Waals surface area contributed by atoms with Crippen LogP contribution in [0.2, 0.25) is 0 Å². The molecule has 1 aromatic rings. The fraction of sp³-hybridized carbons (Fsp3) is 0.533. The molecule has 1 saturated heterocycles. The summed E-state index contributed by atoms with van der Waals surface area (Å²) >= 11 is 1.91. The van der Waals surface area contributed by atoms with E-state index in [2.05, 4.69) is 10.6 Å². The third-order valence-electron chi connectivity index (χ3n) is 3.50. The summed E-state index contributed by atoms with van der Waals surface area (Å²) in [6, 6.07) is 9.15. The molecule has 110 valence electrons. The van der Waals surface area contributed by atoms with Gasteiger partial charge in [0.1, 0.15) is 5.60 Å². The fourth-order valence-electron chi connectivity index (χ4n) is 2.23. The molecule has 0 saturated carbocycles. The maximum Gasteiger partial charge on any atom is 0.314 e. The maximum atomic E-state index is 11.7. The quantitative estimate of drug-likeness (QED) is 0.779. The van der Waals surface area contributed by atoms with E-state index in [1.54, 1.807) is 6.92 Å². The number of rotatable bonds is 5. The molecule has 1 heterocycles. The molecule has 3 N–H and O–H groups in total. The Kier molecular flexibility index (Phi) is 5.31. The summed E-state index contributed by atoms with van der Waals surface area (Å²) in [7, 11) is 0. The normalized spacial score (nSPS) is 21.2. The average Bonchev–Trinajstić information content (AvgIpc) is 2.97. The highest BCUT2D eigenvalue weighted by Crippen LogP contribution is 2.25. The zero-order valence-corrected chi connectivity index (χ0v) is 12.6. The minimum absolute atomic E-state index is 0.195. The Labute approximate surface area is 124 Å². The molecule has 0 aromatic heterocycles. The largest absolute Gasteiger partial charge is 0.384 e. The molecule has 1 aliphatic rings. The molecule has 0 spiro atoms. The van der Waals surface area contributed by atoms with E-state index in [0.717, 1.165) is 5.56 Å². The number of thioether (sulfide) groups is 1. The van der Waals surface area contributed by atoms with Crippen LogP contribution in [0.25, 0.3) is 0 Å². The highest BCUT2D eigenvalue weighted by atomic mass is 32.2. The predicted octanol–water partition coefficient (Wildman–Crippen LogP) is 2.09. The van der Waals surface area contributed by atoms with Gasteiger partial charge < -0.3 is 15.7 Å². The number of urea groups is 1. The molecule has 2 unspecified atom stereocenters.